The van der Waals surface area contributed by atoms with Gasteiger partial charge in [0.05, 0.1) is 16.0 Å². The lowest BCUT2D eigenvalue weighted by atomic mass is 10.0. The van der Waals surface area contributed by atoms with Crippen LogP contribution in [0.2, 0.25) is 0 Å². The molecule has 5 nitrogen and oxygen atoms in total. The van der Waals surface area contributed by atoms with Gasteiger partial charge >= 0.3 is 5.97 Å². The average Bonchev–Trinajstić information content (AvgIpc) is 3.01. The first-order chi connectivity index (χ1) is 11.6. The third-order valence-corrected chi connectivity index (χ3v) is 6.22. The van der Waals surface area contributed by atoms with Crippen molar-refractivity contribution >= 4 is 45.2 Å². The van der Waals surface area contributed by atoms with Crippen molar-refractivity contribution in [3.63, 3.8) is 0 Å². The molecule has 1 fully saturated rings. The maximum Gasteiger partial charge on any atom is 0.316 e. The monoisotopic (exact) mass is 364 g/mol. The van der Waals surface area contributed by atoms with E-state index < -0.39 is 0 Å². The van der Waals surface area contributed by atoms with Crippen molar-refractivity contribution in [3.8, 4) is 0 Å². The van der Waals surface area contributed by atoms with Gasteiger partial charge in [-0.1, -0.05) is 23.9 Å². The van der Waals surface area contributed by atoms with E-state index in [0.717, 1.165) is 40.4 Å². The maximum atomic E-state index is 12.1. The topological polar surface area (TPSA) is 59.5 Å². The number of aromatic nitrogens is 1. The van der Waals surface area contributed by atoms with Gasteiger partial charge in [0.25, 0.3) is 5.91 Å². The number of hydrogen-bond donors (Lipinski definition) is 0. The van der Waals surface area contributed by atoms with Crippen molar-refractivity contribution in [3.05, 3.63) is 24.3 Å². The Kier molecular flexibility index (Phi) is 5.73. The number of benzene rings is 1. The predicted octanol–water partition coefficient (Wildman–Crippen LogP) is 3.33. The minimum Gasteiger partial charge on any atom is -0.455 e. The minimum atomic E-state index is -0.378. The van der Waals surface area contributed by atoms with Crippen LogP contribution < -0.4 is 0 Å². The molecule has 2 heterocycles. The summed E-state index contributed by atoms with van der Waals surface area (Å²) in [6.45, 7) is 2.64. The van der Waals surface area contributed by atoms with E-state index in [4.69, 9.17) is 4.74 Å². The van der Waals surface area contributed by atoms with Crippen LogP contribution in [0.15, 0.2) is 28.6 Å². The second kappa shape index (κ2) is 7.98. The van der Waals surface area contributed by atoms with Crippen LogP contribution >= 0.6 is 23.1 Å². The number of amides is 1. The lowest BCUT2D eigenvalue weighted by molar-refractivity contribution is -0.151. The fraction of sp³-hybridized carbons (Fsp3) is 0.471. The summed E-state index contributed by atoms with van der Waals surface area (Å²) in [7, 11) is 0. The van der Waals surface area contributed by atoms with Gasteiger partial charge in [-0.25, -0.2) is 4.98 Å². The molecular weight excluding hydrogens is 344 g/mol. The number of likely N-dealkylation sites (tertiary alicyclic amines) is 1. The second-order valence-corrected chi connectivity index (χ2v) is 8.08. The first-order valence-electron chi connectivity index (χ1n) is 8.07. The number of thiazole rings is 1. The molecule has 24 heavy (non-hydrogen) atoms. The van der Waals surface area contributed by atoms with Gasteiger partial charge in [0, 0.05) is 12.6 Å². The van der Waals surface area contributed by atoms with Gasteiger partial charge < -0.3 is 9.64 Å². The molecule has 0 bridgehead atoms. The lowest BCUT2D eigenvalue weighted by Gasteiger charge is -2.33. The molecule has 128 valence electrons. The van der Waals surface area contributed by atoms with Crippen molar-refractivity contribution in [1.82, 2.24) is 9.88 Å². The number of piperidine rings is 1. The molecular formula is C17H20N2O3S2. The Balaban J connectivity index is 1.44. The largest absolute Gasteiger partial charge is 0.455 e. The van der Waals surface area contributed by atoms with E-state index in [1.165, 1.54) is 11.8 Å². The number of carbonyl (C=O) groups excluding carboxylic acids is 2. The van der Waals surface area contributed by atoms with Crippen molar-refractivity contribution in [1.29, 1.82) is 0 Å². The number of nitrogens with zero attached hydrogens (tertiary/aromatic N) is 2. The molecule has 1 aliphatic heterocycles. The Morgan fingerprint density at radius 3 is 3.00 bits per heavy atom. The molecule has 0 unspecified atom stereocenters. The third-order valence-electron chi connectivity index (χ3n) is 4.07. The molecule has 0 N–H and O–H groups in total. The molecule has 1 saturated heterocycles. The Morgan fingerprint density at radius 1 is 1.38 bits per heavy atom. The number of fused-ring (bicyclic) bond motifs is 1. The standard InChI is InChI=1S/C17H20N2O3S2/c1-12-6-4-5-9-19(12)15(20)10-22-16(21)11-23-17-18-13-7-2-3-8-14(13)24-17/h2-3,7-8,12H,4-6,9-11H2,1H3/t12-/m0/s1. The smallest absolute Gasteiger partial charge is 0.316 e. The SMILES string of the molecule is C[C@H]1CCCCN1C(=O)COC(=O)CSc1nc2ccccc2s1. The van der Waals surface area contributed by atoms with E-state index in [2.05, 4.69) is 4.98 Å². The van der Waals surface area contributed by atoms with Gasteiger partial charge in [0.1, 0.15) is 0 Å². The van der Waals surface area contributed by atoms with Gasteiger partial charge in [-0.3, -0.25) is 9.59 Å². The van der Waals surface area contributed by atoms with Crippen LogP contribution in [0, 0.1) is 0 Å². The van der Waals surface area contributed by atoms with Crippen LogP contribution in [0.3, 0.4) is 0 Å². The zero-order valence-corrected chi connectivity index (χ0v) is 15.2. The second-order valence-electron chi connectivity index (χ2n) is 5.83. The summed E-state index contributed by atoms with van der Waals surface area (Å²) < 4.78 is 7.06. The lowest BCUT2D eigenvalue weighted by Crippen LogP contribution is -2.44. The first-order valence-corrected chi connectivity index (χ1v) is 9.87. The maximum absolute atomic E-state index is 12.1. The molecule has 1 aromatic heterocycles. The van der Waals surface area contributed by atoms with Gasteiger partial charge in [-0.05, 0) is 38.3 Å². The number of carbonyl (C=O) groups is 2. The minimum absolute atomic E-state index is 0.0967. The summed E-state index contributed by atoms with van der Waals surface area (Å²) >= 11 is 2.91. The normalized spacial score (nSPS) is 17.9. The van der Waals surface area contributed by atoms with Crippen molar-refractivity contribution in [2.24, 2.45) is 0 Å². The number of ether oxygens (including phenoxy) is 1. The molecule has 0 aliphatic carbocycles. The zero-order valence-electron chi connectivity index (χ0n) is 13.6. The molecule has 2 aromatic rings. The predicted molar refractivity (Wildman–Crippen MR) is 96.3 cm³/mol. The van der Waals surface area contributed by atoms with Crippen LogP contribution in [0.1, 0.15) is 26.2 Å². The van der Waals surface area contributed by atoms with E-state index in [0.29, 0.717) is 0 Å². The summed E-state index contributed by atoms with van der Waals surface area (Å²) in [5, 5.41) is 0. The van der Waals surface area contributed by atoms with E-state index in [1.807, 2.05) is 36.1 Å². The van der Waals surface area contributed by atoms with Crippen LogP contribution in [-0.2, 0) is 14.3 Å². The summed E-state index contributed by atoms with van der Waals surface area (Å²) in [5.74, 6) is -0.305. The highest BCUT2D eigenvalue weighted by Crippen LogP contribution is 2.29. The fourth-order valence-electron chi connectivity index (χ4n) is 2.77. The number of thioether (sulfide) groups is 1. The van der Waals surface area contributed by atoms with Gasteiger partial charge in [0.15, 0.2) is 10.9 Å². The van der Waals surface area contributed by atoms with Gasteiger partial charge in [-0.15, -0.1) is 11.3 Å². The summed E-state index contributed by atoms with van der Waals surface area (Å²) in [4.78, 5) is 30.3. The molecule has 7 heteroatoms. The average molecular weight is 364 g/mol. The van der Waals surface area contributed by atoms with E-state index in [-0.39, 0.29) is 30.3 Å². The highest BCUT2D eigenvalue weighted by atomic mass is 32.2. The molecule has 0 spiro atoms. The van der Waals surface area contributed by atoms with Crippen LogP contribution in [0.4, 0.5) is 0 Å². The number of esters is 1. The molecule has 1 atom stereocenters. The Bertz CT molecular complexity index is 698. The van der Waals surface area contributed by atoms with Crippen LogP contribution in [0.25, 0.3) is 10.2 Å². The van der Waals surface area contributed by atoms with E-state index >= 15 is 0 Å². The van der Waals surface area contributed by atoms with E-state index in [1.54, 1.807) is 11.3 Å². The molecule has 0 radical (unpaired) electrons. The molecule has 3 rings (SSSR count). The van der Waals surface area contributed by atoms with Crippen molar-refractivity contribution in [2.45, 2.75) is 36.6 Å². The quantitative estimate of drug-likeness (QED) is 0.602. The van der Waals surface area contributed by atoms with Gasteiger partial charge in [-0.2, -0.15) is 0 Å². The Morgan fingerprint density at radius 2 is 2.21 bits per heavy atom. The summed E-state index contributed by atoms with van der Waals surface area (Å²) in [6, 6.07) is 8.11. The first kappa shape index (κ1) is 17.2. The van der Waals surface area contributed by atoms with Crippen molar-refractivity contribution < 1.29 is 14.3 Å². The van der Waals surface area contributed by atoms with E-state index in [9.17, 15) is 9.59 Å². The summed E-state index contributed by atoms with van der Waals surface area (Å²) in [5.41, 5.74) is 0.938. The Hall–Kier alpha value is -1.60. The number of hydrogen-bond acceptors (Lipinski definition) is 6. The highest BCUT2D eigenvalue weighted by molar-refractivity contribution is 8.01. The molecule has 0 saturated carbocycles. The fourth-order valence-corrected chi connectivity index (χ4v) is 4.64. The Labute approximate surface area is 149 Å². The molecule has 1 aliphatic rings. The summed E-state index contributed by atoms with van der Waals surface area (Å²) in [6.07, 6.45) is 3.20. The molecule has 1 aromatic carbocycles. The highest BCUT2D eigenvalue weighted by Gasteiger charge is 2.23. The number of rotatable bonds is 5. The third kappa shape index (κ3) is 4.27. The number of para-hydroxylation sites is 1. The van der Waals surface area contributed by atoms with Crippen molar-refractivity contribution in [2.75, 3.05) is 18.9 Å². The van der Waals surface area contributed by atoms with Crippen LogP contribution in [0.5, 0.6) is 0 Å². The molecule has 1 amide bonds. The zero-order chi connectivity index (χ0) is 16.9. The van der Waals surface area contributed by atoms with Crippen LogP contribution in [-0.4, -0.2) is 46.7 Å². The van der Waals surface area contributed by atoms with Gasteiger partial charge in [0.2, 0.25) is 0 Å².